The highest BCUT2D eigenvalue weighted by molar-refractivity contribution is 5.81. The Hall–Kier alpha value is -2.34. The normalized spacial score (nSPS) is 17.0. The zero-order valence-electron chi connectivity index (χ0n) is 15.9. The first-order chi connectivity index (χ1) is 11.7. The van der Waals surface area contributed by atoms with E-state index in [2.05, 4.69) is 63.9 Å². The van der Waals surface area contributed by atoms with Crippen molar-refractivity contribution in [2.45, 2.75) is 53.9 Å². The number of rotatable bonds is 1. The van der Waals surface area contributed by atoms with Crippen LogP contribution in [0.1, 0.15) is 55.1 Å². The number of nitriles is 1. The number of fused-ring (bicyclic) bond motifs is 1. The standard InChI is InChI=1S/C22H27N3/c1-13-6-7-14(2)16(10-13)20-17-11-15(22(3,4)5)8-9-19(17)25-21(24)18(20)12-23/h6-7,10,15H,8-9,11H2,1-5H3,(H2,24,25). The number of hydrogen-bond donors (Lipinski definition) is 1. The van der Waals surface area contributed by atoms with Crippen molar-refractivity contribution in [3.8, 4) is 17.2 Å². The molecule has 2 aromatic rings. The van der Waals surface area contributed by atoms with Gasteiger partial charge in [0.1, 0.15) is 17.5 Å². The van der Waals surface area contributed by atoms with Crippen LogP contribution < -0.4 is 5.73 Å². The summed E-state index contributed by atoms with van der Waals surface area (Å²) in [5.41, 5.74) is 13.7. The number of aromatic nitrogens is 1. The predicted molar refractivity (Wildman–Crippen MR) is 103 cm³/mol. The van der Waals surface area contributed by atoms with Gasteiger partial charge in [-0.05, 0) is 61.1 Å². The summed E-state index contributed by atoms with van der Waals surface area (Å²) in [7, 11) is 0. The second-order valence-corrected chi connectivity index (χ2v) is 8.41. The van der Waals surface area contributed by atoms with Crippen LogP contribution in [0.4, 0.5) is 5.82 Å². The van der Waals surface area contributed by atoms with Gasteiger partial charge in [0.2, 0.25) is 0 Å². The van der Waals surface area contributed by atoms with E-state index in [1.165, 1.54) is 16.7 Å². The fraction of sp³-hybridized carbons (Fsp3) is 0.455. The zero-order chi connectivity index (χ0) is 18.4. The van der Waals surface area contributed by atoms with Gasteiger partial charge >= 0.3 is 0 Å². The van der Waals surface area contributed by atoms with Crippen LogP contribution in [0.25, 0.3) is 11.1 Å². The van der Waals surface area contributed by atoms with E-state index >= 15 is 0 Å². The highest BCUT2D eigenvalue weighted by atomic mass is 14.9. The Morgan fingerprint density at radius 3 is 2.60 bits per heavy atom. The molecule has 3 heteroatoms. The molecule has 0 aliphatic heterocycles. The molecule has 3 nitrogen and oxygen atoms in total. The molecule has 1 atom stereocenters. The van der Waals surface area contributed by atoms with E-state index < -0.39 is 0 Å². The number of anilines is 1. The third-order valence-electron chi connectivity index (χ3n) is 5.59. The molecule has 1 unspecified atom stereocenters. The molecule has 0 bridgehead atoms. The van der Waals surface area contributed by atoms with Crippen molar-refractivity contribution in [1.29, 1.82) is 5.26 Å². The quantitative estimate of drug-likeness (QED) is 0.801. The number of nitrogen functional groups attached to an aromatic ring is 1. The van der Waals surface area contributed by atoms with Gasteiger partial charge in [-0.15, -0.1) is 0 Å². The van der Waals surface area contributed by atoms with E-state index in [4.69, 9.17) is 5.73 Å². The van der Waals surface area contributed by atoms with Crippen LogP contribution in [0, 0.1) is 36.5 Å². The Morgan fingerprint density at radius 2 is 1.96 bits per heavy atom. The van der Waals surface area contributed by atoms with Crippen LogP contribution in [-0.4, -0.2) is 4.98 Å². The number of benzene rings is 1. The first kappa shape index (κ1) is 17.5. The van der Waals surface area contributed by atoms with Crippen LogP contribution in [-0.2, 0) is 12.8 Å². The molecular weight excluding hydrogens is 306 g/mol. The molecule has 0 spiro atoms. The second-order valence-electron chi connectivity index (χ2n) is 8.41. The van der Waals surface area contributed by atoms with Crippen molar-refractivity contribution in [3.63, 3.8) is 0 Å². The minimum absolute atomic E-state index is 0.241. The van der Waals surface area contributed by atoms with E-state index in [1.807, 2.05) is 0 Å². The Labute approximate surface area is 150 Å². The van der Waals surface area contributed by atoms with Crippen molar-refractivity contribution in [1.82, 2.24) is 4.98 Å². The third-order valence-corrected chi connectivity index (χ3v) is 5.59. The summed E-state index contributed by atoms with van der Waals surface area (Å²) in [6.07, 6.45) is 3.02. The number of hydrogen-bond acceptors (Lipinski definition) is 3. The lowest BCUT2D eigenvalue weighted by Crippen LogP contribution is -2.28. The second kappa shape index (κ2) is 6.19. The van der Waals surface area contributed by atoms with Gasteiger partial charge in [-0.3, -0.25) is 0 Å². The van der Waals surface area contributed by atoms with Crippen molar-refractivity contribution >= 4 is 5.82 Å². The highest BCUT2D eigenvalue weighted by Gasteiger charge is 2.32. The maximum Gasteiger partial charge on any atom is 0.142 e. The monoisotopic (exact) mass is 333 g/mol. The Kier molecular flexibility index (Phi) is 4.33. The largest absolute Gasteiger partial charge is 0.383 e. The molecule has 0 saturated heterocycles. The number of pyridine rings is 1. The molecule has 1 aliphatic carbocycles. The van der Waals surface area contributed by atoms with Crippen molar-refractivity contribution in [3.05, 3.63) is 46.1 Å². The van der Waals surface area contributed by atoms with Gasteiger partial charge in [-0.2, -0.15) is 5.26 Å². The van der Waals surface area contributed by atoms with E-state index in [-0.39, 0.29) is 5.41 Å². The summed E-state index contributed by atoms with van der Waals surface area (Å²) in [6.45, 7) is 11.1. The summed E-state index contributed by atoms with van der Waals surface area (Å²) in [4.78, 5) is 4.59. The molecule has 25 heavy (non-hydrogen) atoms. The predicted octanol–water partition coefficient (Wildman–Crippen LogP) is 4.97. The lowest BCUT2D eigenvalue weighted by molar-refractivity contribution is 0.215. The lowest BCUT2D eigenvalue weighted by atomic mass is 9.70. The van der Waals surface area contributed by atoms with Crippen LogP contribution in [0.3, 0.4) is 0 Å². The highest BCUT2D eigenvalue weighted by Crippen LogP contribution is 2.43. The maximum absolute atomic E-state index is 9.78. The SMILES string of the molecule is Cc1ccc(C)c(-c2c(C#N)c(N)nc3c2CC(C(C)(C)C)CC3)c1. The first-order valence-corrected chi connectivity index (χ1v) is 9.01. The van der Waals surface area contributed by atoms with Crippen LogP contribution in [0.5, 0.6) is 0 Å². The molecule has 1 aromatic heterocycles. The van der Waals surface area contributed by atoms with Crippen molar-refractivity contribution in [2.24, 2.45) is 11.3 Å². The van der Waals surface area contributed by atoms with Gasteiger partial charge in [-0.1, -0.05) is 44.5 Å². The summed E-state index contributed by atoms with van der Waals surface area (Å²) >= 11 is 0. The average molecular weight is 333 g/mol. The molecule has 3 rings (SSSR count). The molecule has 0 fully saturated rings. The molecule has 0 radical (unpaired) electrons. The molecule has 1 aromatic carbocycles. The van der Waals surface area contributed by atoms with Crippen LogP contribution in [0.15, 0.2) is 18.2 Å². The average Bonchev–Trinajstić information content (AvgIpc) is 2.54. The molecule has 1 heterocycles. The molecule has 130 valence electrons. The van der Waals surface area contributed by atoms with Gasteiger partial charge < -0.3 is 5.73 Å². The Morgan fingerprint density at radius 1 is 1.24 bits per heavy atom. The Bertz CT molecular complexity index is 866. The minimum Gasteiger partial charge on any atom is -0.383 e. The maximum atomic E-state index is 9.78. The van der Waals surface area contributed by atoms with Gasteiger partial charge in [-0.25, -0.2) is 4.98 Å². The summed E-state index contributed by atoms with van der Waals surface area (Å²) in [6, 6.07) is 8.73. The molecule has 1 aliphatic rings. The smallest absolute Gasteiger partial charge is 0.142 e. The summed E-state index contributed by atoms with van der Waals surface area (Å²) < 4.78 is 0. The van der Waals surface area contributed by atoms with Gasteiger partial charge in [0.05, 0.1) is 0 Å². The molecule has 0 saturated carbocycles. The molecule has 0 amide bonds. The zero-order valence-corrected chi connectivity index (χ0v) is 15.9. The number of aryl methyl sites for hydroxylation is 3. The third kappa shape index (κ3) is 3.14. The minimum atomic E-state index is 0.241. The summed E-state index contributed by atoms with van der Waals surface area (Å²) in [5, 5.41) is 9.78. The van der Waals surface area contributed by atoms with E-state index in [0.29, 0.717) is 17.3 Å². The van der Waals surface area contributed by atoms with Crippen LogP contribution >= 0.6 is 0 Å². The fourth-order valence-electron chi connectivity index (χ4n) is 3.93. The molecular formula is C22H27N3. The van der Waals surface area contributed by atoms with Gasteiger partial charge in [0, 0.05) is 11.3 Å². The number of nitrogens with zero attached hydrogens (tertiary/aromatic N) is 2. The Balaban J connectivity index is 2.29. The van der Waals surface area contributed by atoms with E-state index in [1.54, 1.807) is 0 Å². The van der Waals surface area contributed by atoms with Crippen molar-refractivity contribution < 1.29 is 0 Å². The topological polar surface area (TPSA) is 62.7 Å². The number of nitrogens with two attached hydrogens (primary N) is 1. The van der Waals surface area contributed by atoms with Gasteiger partial charge in [0.15, 0.2) is 0 Å². The summed E-state index contributed by atoms with van der Waals surface area (Å²) in [5.74, 6) is 0.951. The molecule has 2 N–H and O–H groups in total. The van der Waals surface area contributed by atoms with E-state index in [9.17, 15) is 5.26 Å². The van der Waals surface area contributed by atoms with Crippen LogP contribution in [0.2, 0.25) is 0 Å². The fourth-order valence-corrected chi connectivity index (χ4v) is 3.93. The lowest BCUT2D eigenvalue weighted by Gasteiger charge is -2.36. The van der Waals surface area contributed by atoms with Gasteiger partial charge in [0.25, 0.3) is 0 Å². The van der Waals surface area contributed by atoms with Crippen molar-refractivity contribution in [2.75, 3.05) is 5.73 Å². The van der Waals surface area contributed by atoms with E-state index in [0.717, 1.165) is 36.1 Å². The first-order valence-electron chi connectivity index (χ1n) is 9.01.